The molecule has 1 heterocycles. The zero-order chi connectivity index (χ0) is 16.1. The summed E-state index contributed by atoms with van der Waals surface area (Å²) in [5, 5.41) is 3.34. The summed E-state index contributed by atoms with van der Waals surface area (Å²) in [6.45, 7) is 5.17. The van der Waals surface area contributed by atoms with Crippen LogP contribution in [0.25, 0.3) is 10.4 Å². The molecule has 0 aromatic heterocycles. The fraction of sp³-hybridized carbons (Fsp3) is 1.00. The van der Waals surface area contributed by atoms with Gasteiger partial charge in [-0.1, -0.05) is 5.11 Å². The summed E-state index contributed by atoms with van der Waals surface area (Å²) in [5.41, 5.74) is 8.05. The van der Waals surface area contributed by atoms with Crippen molar-refractivity contribution in [1.82, 2.24) is 4.90 Å². The third-order valence-electron chi connectivity index (χ3n) is 3.13. The molecule has 1 aliphatic heterocycles. The summed E-state index contributed by atoms with van der Waals surface area (Å²) >= 11 is 0. The molecule has 0 unspecified atom stereocenters. The number of nitrogens with zero attached hydrogens (tertiary/aromatic N) is 4. The van der Waals surface area contributed by atoms with Gasteiger partial charge in [-0.3, -0.25) is 4.90 Å². The third kappa shape index (κ3) is 9.93. The lowest BCUT2D eigenvalue weighted by Gasteiger charge is -2.26. The normalized spacial score (nSPS) is 18.0. The molecular formula is C12H24N4O5S. The van der Waals surface area contributed by atoms with Crippen LogP contribution < -0.4 is 0 Å². The lowest BCUT2D eigenvalue weighted by Crippen LogP contribution is -2.41. The van der Waals surface area contributed by atoms with Gasteiger partial charge in [-0.2, -0.15) is 0 Å². The maximum absolute atomic E-state index is 11.3. The Hall–Kier alpha value is -0.900. The quantitative estimate of drug-likeness (QED) is 0.216. The largest absolute Gasteiger partial charge is 0.379 e. The van der Waals surface area contributed by atoms with Crippen molar-refractivity contribution in [3.05, 3.63) is 10.4 Å². The molecule has 1 aliphatic rings. The van der Waals surface area contributed by atoms with Gasteiger partial charge in [0.15, 0.2) is 9.84 Å². The van der Waals surface area contributed by atoms with Gasteiger partial charge in [0, 0.05) is 31.1 Å². The summed E-state index contributed by atoms with van der Waals surface area (Å²) in [5.74, 6) is 0.492. The highest BCUT2D eigenvalue weighted by Gasteiger charge is 2.20. The van der Waals surface area contributed by atoms with E-state index in [9.17, 15) is 8.42 Å². The van der Waals surface area contributed by atoms with Gasteiger partial charge in [0.2, 0.25) is 0 Å². The molecule has 10 heteroatoms. The molecule has 0 atom stereocenters. The van der Waals surface area contributed by atoms with Crippen molar-refractivity contribution < 1.29 is 22.6 Å². The predicted molar refractivity (Wildman–Crippen MR) is 81.6 cm³/mol. The van der Waals surface area contributed by atoms with Crippen molar-refractivity contribution in [1.29, 1.82) is 0 Å². The number of sulfone groups is 1. The SMILES string of the molecule is [N-]=[N+]=NCCOCCOCCOCCN1CCS(=O)(=O)CC1. The molecule has 22 heavy (non-hydrogen) atoms. The molecule has 0 bridgehead atoms. The Balaban J connectivity index is 1.81. The number of azide groups is 1. The van der Waals surface area contributed by atoms with Crippen LogP contribution in [-0.2, 0) is 24.0 Å². The van der Waals surface area contributed by atoms with Crippen LogP contribution in [0, 0.1) is 0 Å². The molecule has 1 saturated heterocycles. The summed E-state index contributed by atoms with van der Waals surface area (Å²) in [6.07, 6.45) is 0. The highest BCUT2D eigenvalue weighted by molar-refractivity contribution is 7.91. The Kier molecular flexibility index (Phi) is 10.1. The molecule has 1 rings (SSSR count). The van der Waals surface area contributed by atoms with Crippen LogP contribution in [0.1, 0.15) is 0 Å². The van der Waals surface area contributed by atoms with Crippen LogP contribution in [0.5, 0.6) is 0 Å². The zero-order valence-corrected chi connectivity index (χ0v) is 13.5. The second-order valence-electron chi connectivity index (χ2n) is 4.79. The van der Waals surface area contributed by atoms with Gasteiger partial charge in [-0.15, -0.1) is 0 Å². The average Bonchev–Trinajstić information content (AvgIpc) is 2.50. The van der Waals surface area contributed by atoms with E-state index in [1.165, 1.54) is 0 Å². The van der Waals surface area contributed by atoms with Gasteiger partial charge in [0.1, 0.15) is 0 Å². The maximum atomic E-state index is 11.3. The van der Waals surface area contributed by atoms with Gasteiger partial charge in [0.25, 0.3) is 0 Å². The minimum Gasteiger partial charge on any atom is -0.379 e. The first-order valence-electron chi connectivity index (χ1n) is 7.31. The third-order valence-corrected chi connectivity index (χ3v) is 4.74. The van der Waals surface area contributed by atoms with Crippen LogP contribution in [0.4, 0.5) is 0 Å². The van der Waals surface area contributed by atoms with E-state index in [2.05, 4.69) is 14.9 Å². The highest BCUT2D eigenvalue weighted by Crippen LogP contribution is 2.02. The lowest BCUT2D eigenvalue weighted by atomic mass is 10.5. The standard InChI is InChI=1S/C12H24N4O5S/c13-15-14-1-5-19-7-9-21-10-8-20-6-2-16-3-11-22(17,18)12-4-16/h1-12H2. The van der Waals surface area contributed by atoms with Crippen LogP contribution in [-0.4, -0.2) is 90.6 Å². The first-order chi connectivity index (χ1) is 10.6. The van der Waals surface area contributed by atoms with E-state index < -0.39 is 9.84 Å². The first kappa shape index (κ1) is 19.1. The maximum Gasteiger partial charge on any atom is 0.152 e. The molecule has 0 aromatic rings. The number of hydrogen-bond acceptors (Lipinski definition) is 7. The number of hydrogen-bond donors (Lipinski definition) is 0. The Labute approximate surface area is 131 Å². The fourth-order valence-electron chi connectivity index (χ4n) is 1.86. The van der Waals surface area contributed by atoms with E-state index >= 15 is 0 Å². The Bertz CT molecular complexity index is 425. The van der Waals surface area contributed by atoms with Crippen molar-refractivity contribution in [3.63, 3.8) is 0 Å². The van der Waals surface area contributed by atoms with Crippen LogP contribution in [0.15, 0.2) is 5.11 Å². The second-order valence-corrected chi connectivity index (χ2v) is 7.09. The minimum absolute atomic E-state index is 0.246. The van der Waals surface area contributed by atoms with E-state index in [-0.39, 0.29) is 11.5 Å². The van der Waals surface area contributed by atoms with Crippen molar-refractivity contribution in [2.24, 2.45) is 5.11 Å². The van der Waals surface area contributed by atoms with E-state index in [1.54, 1.807) is 0 Å². The summed E-state index contributed by atoms with van der Waals surface area (Å²) < 4.78 is 38.5. The Morgan fingerprint density at radius 1 is 0.955 bits per heavy atom. The summed E-state index contributed by atoms with van der Waals surface area (Å²) in [4.78, 5) is 4.71. The highest BCUT2D eigenvalue weighted by atomic mass is 32.2. The Morgan fingerprint density at radius 3 is 2.09 bits per heavy atom. The fourth-order valence-corrected chi connectivity index (χ4v) is 3.14. The van der Waals surface area contributed by atoms with Crippen LogP contribution >= 0.6 is 0 Å². The van der Waals surface area contributed by atoms with Gasteiger partial charge in [-0.25, -0.2) is 8.42 Å². The van der Waals surface area contributed by atoms with E-state index in [1.807, 2.05) is 0 Å². The lowest BCUT2D eigenvalue weighted by molar-refractivity contribution is 0.0122. The number of rotatable bonds is 12. The molecule has 9 nitrogen and oxygen atoms in total. The van der Waals surface area contributed by atoms with Crippen molar-refractivity contribution in [3.8, 4) is 0 Å². The van der Waals surface area contributed by atoms with Crippen molar-refractivity contribution >= 4 is 9.84 Å². The number of ether oxygens (including phenoxy) is 3. The van der Waals surface area contributed by atoms with Crippen molar-refractivity contribution in [2.45, 2.75) is 0 Å². The van der Waals surface area contributed by atoms with E-state index in [0.29, 0.717) is 59.3 Å². The zero-order valence-electron chi connectivity index (χ0n) is 12.7. The average molecular weight is 336 g/mol. The molecule has 0 radical (unpaired) electrons. The van der Waals surface area contributed by atoms with Gasteiger partial charge < -0.3 is 14.2 Å². The van der Waals surface area contributed by atoms with Gasteiger partial charge in [0.05, 0.1) is 51.1 Å². The van der Waals surface area contributed by atoms with Crippen molar-refractivity contribution in [2.75, 3.05) is 77.3 Å². The van der Waals surface area contributed by atoms with Gasteiger partial charge in [-0.05, 0) is 5.53 Å². The Morgan fingerprint density at radius 2 is 1.50 bits per heavy atom. The summed E-state index contributed by atoms with van der Waals surface area (Å²) in [6, 6.07) is 0. The second kappa shape index (κ2) is 11.6. The molecule has 0 spiro atoms. The molecule has 0 N–H and O–H groups in total. The predicted octanol–water partition coefficient (Wildman–Crippen LogP) is 0.0769. The molecule has 0 aromatic carbocycles. The van der Waals surface area contributed by atoms with Crippen LogP contribution in [0.3, 0.4) is 0 Å². The molecule has 0 aliphatic carbocycles. The van der Waals surface area contributed by atoms with E-state index in [4.69, 9.17) is 19.7 Å². The minimum atomic E-state index is -2.81. The molecular weight excluding hydrogens is 312 g/mol. The molecule has 128 valence electrons. The van der Waals surface area contributed by atoms with E-state index in [0.717, 1.165) is 6.54 Å². The molecule has 1 fully saturated rings. The summed E-state index contributed by atoms with van der Waals surface area (Å²) in [7, 11) is -2.81. The molecule has 0 amide bonds. The molecule has 0 saturated carbocycles. The smallest absolute Gasteiger partial charge is 0.152 e. The van der Waals surface area contributed by atoms with Crippen LogP contribution in [0.2, 0.25) is 0 Å². The van der Waals surface area contributed by atoms with Gasteiger partial charge >= 0.3 is 0 Å². The first-order valence-corrected chi connectivity index (χ1v) is 9.13. The monoisotopic (exact) mass is 336 g/mol. The topological polar surface area (TPSA) is 114 Å².